The Morgan fingerprint density at radius 3 is 2.47 bits per heavy atom. The van der Waals surface area contributed by atoms with Gasteiger partial charge in [0.25, 0.3) is 5.56 Å². The summed E-state index contributed by atoms with van der Waals surface area (Å²) in [7, 11) is -3.22. The highest BCUT2D eigenvalue weighted by Gasteiger charge is 2.21. The summed E-state index contributed by atoms with van der Waals surface area (Å²) in [5.41, 5.74) is -0.118. The summed E-state index contributed by atoms with van der Waals surface area (Å²) < 4.78 is 24.2. The average Bonchev–Trinajstić information content (AvgIpc) is 2.03. The number of sulfone groups is 1. The van der Waals surface area contributed by atoms with Gasteiger partial charge in [-0.3, -0.25) is 4.79 Å². The van der Waals surface area contributed by atoms with Crippen molar-refractivity contribution in [2.75, 3.05) is 6.26 Å². The van der Waals surface area contributed by atoms with E-state index in [0.717, 1.165) is 25.5 Å². The summed E-state index contributed by atoms with van der Waals surface area (Å²) >= 11 is 0. The van der Waals surface area contributed by atoms with E-state index in [-0.39, 0.29) is 16.5 Å². The van der Waals surface area contributed by atoms with Crippen LogP contribution in [0.15, 0.2) is 28.0 Å². The topological polar surface area (TPSA) is 56.1 Å². The molecule has 1 aliphatic rings. The number of rotatable bonds is 2. The highest BCUT2D eigenvalue weighted by atomic mass is 32.2. The lowest BCUT2D eigenvalue weighted by Gasteiger charge is -2.27. The number of hydrogen-bond acceptors (Lipinski definition) is 3. The molecule has 0 aromatic carbocycles. The lowest BCUT2D eigenvalue weighted by Crippen LogP contribution is -2.28. The van der Waals surface area contributed by atoms with Crippen molar-refractivity contribution in [2.24, 2.45) is 0 Å². The first-order valence-corrected chi connectivity index (χ1v) is 6.80. The Morgan fingerprint density at radius 2 is 2.00 bits per heavy atom. The van der Waals surface area contributed by atoms with Gasteiger partial charge in [-0.15, -0.1) is 0 Å². The number of nitrogens with zero attached hydrogens (tertiary/aromatic N) is 1. The molecule has 1 aromatic heterocycles. The van der Waals surface area contributed by atoms with Crippen molar-refractivity contribution in [1.29, 1.82) is 0 Å². The van der Waals surface area contributed by atoms with Gasteiger partial charge in [-0.2, -0.15) is 0 Å². The highest BCUT2D eigenvalue weighted by Crippen LogP contribution is 2.30. The predicted molar refractivity (Wildman–Crippen MR) is 56.7 cm³/mol. The molecule has 0 spiro atoms. The Bertz CT molecular complexity index is 526. The van der Waals surface area contributed by atoms with Crippen LogP contribution in [0, 0.1) is 0 Å². The molecule has 0 bridgehead atoms. The molecule has 1 aliphatic carbocycles. The Hall–Kier alpha value is -1.10. The first-order chi connectivity index (χ1) is 6.98. The van der Waals surface area contributed by atoms with Crippen LogP contribution in [0.25, 0.3) is 0 Å². The van der Waals surface area contributed by atoms with Crippen molar-refractivity contribution < 1.29 is 8.42 Å². The normalized spacial score (nSPS) is 17.4. The van der Waals surface area contributed by atoms with E-state index < -0.39 is 9.84 Å². The molecule has 0 N–H and O–H groups in total. The van der Waals surface area contributed by atoms with E-state index in [2.05, 4.69) is 0 Å². The number of pyridine rings is 1. The smallest absolute Gasteiger partial charge is 0.250 e. The maximum absolute atomic E-state index is 11.5. The van der Waals surface area contributed by atoms with Crippen LogP contribution in [0.3, 0.4) is 0 Å². The molecule has 0 aliphatic heterocycles. The summed E-state index contributed by atoms with van der Waals surface area (Å²) in [5, 5.41) is 0. The molecule has 0 radical (unpaired) electrons. The largest absolute Gasteiger partial charge is 0.311 e. The van der Waals surface area contributed by atoms with Crippen molar-refractivity contribution >= 4 is 9.84 Å². The fourth-order valence-corrected chi connectivity index (χ4v) is 2.27. The number of aromatic nitrogens is 1. The second-order valence-corrected chi connectivity index (χ2v) is 5.98. The van der Waals surface area contributed by atoms with Crippen molar-refractivity contribution in [3.05, 3.63) is 28.7 Å². The first-order valence-electron chi connectivity index (χ1n) is 4.91. The Morgan fingerprint density at radius 1 is 1.33 bits per heavy atom. The van der Waals surface area contributed by atoms with Gasteiger partial charge in [0.05, 0.1) is 4.90 Å². The van der Waals surface area contributed by atoms with E-state index in [4.69, 9.17) is 0 Å². The van der Waals surface area contributed by atoms with E-state index in [0.29, 0.717) is 0 Å². The van der Waals surface area contributed by atoms with Crippen LogP contribution in [0.4, 0.5) is 0 Å². The molecule has 1 saturated carbocycles. The van der Waals surface area contributed by atoms with Gasteiger partial charge in [-0.25, -0.2) is 8.42 Å². The quantitative estimate of drug-likeness (QED) is 0.756. The minimum atomic E-state index is -3.22. The Labute approximate surface area is 88.5 Å². The van der Waals surface area contributed by atoms with Crippen LogP contribution in [0.1, 0.15) is 25.3 Å². The second-order valence-electron chi connectivity index (χ2n) is 3.97. The van der Waals surface area contributed by atoms with Gasteiger partial charge in [0.1, 0.15) is 0 Å². The van der Waals surface area contributed by atoms with Crippen molar-refractivity contribution in [3.8, 4) is 0 Å². The van der Waals surface area contributed by atoms with Crippen LogP contribution in [-0.2, 0) is 9.84 Å². The molecular formula is C10H13NO3S. The summed E-state index contributed by atoms with van der Waals surface area (Å²) in [4.78, 5) is 11.7. The maximum Gasteiger partial charge on any atom is 0.250 e. The predicted octanol–water partition coefficient (Wildman–Crippen LogP) is 0.977. The van der Waals surface area contributed by atoms with Gasteiger partial charge in [0.2, 0.25) is 0 Å². The van der Waals surface area contributed by atoms with Crippen LogP contribution in [-0.4, -0.2) is 19.2 Å². The molecule has 15 heavy (non-hydrogen) atoms. The minimum Gasteiger partial charge on any atom is -0.311 e. The van der Waals surface area contributed by atoms with Crippen LogP contribution in [0.5, 0.6) is 0 Å². The summed E-state index contributed by atoms with van der Waals surface area (Å²) in [6.45, 7) is 0. The summed E-state index contributed by atoms with van der Waals surface area (Å²) in [5.74, 6) is 0. The zero-order chi connectivity index (χ0) is 11.1. The molecule has 0 amide bonds. The molecule has 4 nitrogen and oxygen atoms in total. The lowest BCUT2D eigenvalue weighted by molar-refractivity contribution is 0.304. The minimum absolute atomic E-state index is 0.118. The molecule has 82 valence electrons. The van der Waals surface area contributed by atoms with E-state index in [1.807, 2.05) is 0 Å². The molecule has 1 aromatic rings. The second kappa shape index (κ2) is 3.48. The van der Waals surface area contributed by atoms with E-state index in [1.54, 1.807) is 4.57 Å². The first kappa shape index (κ1) is 10.4. The van der Waals surface area contributed by atoms with E-state index >= 15 is 0 Å². The van der Waals surface area contributed by atoms with E-state index in [1.165, 1.54) is 18.3 Å². The van der Waals surface area contributed by atoms with Crippen molar-refractivity contribution in [2.45, 2.75) is 30.2 Å². The highest BCUT2D eigenvalue weighted by molar-refractivity contribution is 7.90. The third-order valence-corrected chi connectivity index (χ3v) is 3.91. The summed E-state index contributed by atoms with van der Waals surface area (Å²) in [6, 6.07) is 2.89. The van der Waals surface area contributed by atoms with Gasteiger partial charge in [0.15, 0.2) is 9.84 Å². The monoisotopic (exact) mass is 227 g/mol. The molecular weight excluding hydrogens is 214 g/mol. The molecule has 1 fully saturated rings. The molecule has 5 heteroatoms. The number of hydrogen-bond donors (Lipinski definition) is 0. The van der Waals surface area contributed by atoms with E-state index in [9.17, 15) is 13.2 Å². The molecule has 0 saturated heterocycles. The fourth-order valence-electron chi connectivity index (χ4n) is 1.65. The van der Waals surface area contributed by atoms with Crippen LogP contribution in [0.2, 0.25) is 0 Å². The van der Waals surface area contributed by atoms with Crippen molar-refractivity contribution in [3.63, 3.8) is 0 Å². The maximum atomic E-state index is 11.5. The van der Waals surface area contributed by atoms with Crippen LogP contribution < -0.4 is 5.56 Å². The van der Waals surface area contributed by atoms with Gasteiger partial charge in [0, 0.05) is 24.6 Å². The van der Waals surface area contributed by atoms with Gasteiger partial charge < -0.3 is 4.57 Å². The Balaban J connectivity index is 2.50. The molecule has 0 atom stereocenters. The zero-order valence-electron chi connectivity index (χ0n) is 8.51. The third kappa shape index (κ3) is 1.97. The Kier molecular flexibility index (Phi) is 2.42. The van der Waals surface area contributed by atoms with Gasteiger partial charge in [-0.1, -0.05) is 0 Å². The zero-order valence-corrected chi connectivity index (χ0v) is 9.33. The molecule has 1 heterocycles. The fraction of sp³-hybridized carbons (Fsp3) is 0.500. The van der Waals surface area contributed by atoms with Crippen LogP contribution >= 0.6 is 0 Å². The van der Waals surface area contributed by atoms with Gasteiger partial charge >= 0.3 is 0 Å². The SMILES string of the molecule is CS(=O)(=O)c1ccc(=O)n(C2CCC2)c1. The lowest BCUT2D eigenvalue weighted by atomic mass is 9.93. The molecule has 0 unspecified atom stereocenters. The van der Waals surface area contributed by atoms with Crippen molar-refractivity contribution in [1.82, 2.24) is 4.57 Å². The standard InChI is InChI=1S/C10H13NO3S/c1-15(13,14)9-5-6-10(12)11(7-9)8-3-2-4-8/h5-8H,2-4H2,1H3. The average molecular weight is 227 g/mol. The third-order valence-electron chi connectivity index (χ3n) is 2.81. The van der Waals surface area contributed by atoms with Gasteiger partial charge in [-0.05, 0) is 25.3 Å². The summed E-state index contributed by atoms with van der Waals surface area (Å²) in [6.07, 6.45) is 5.65. The molecule has 2 rings (SSSR count).